The van der Waals surface area contributed by atoms with E-state index in [9.17, 15) is 18.0 Å². The van der Waals surface area contributed by atoms with E-state index in [-0.39, 0.29) is 24.8 Å². The Morgan fingerprint density at radius 1 is 1.22 bits per heavy atom. The molecule has 36 heavy (non-hydrogen) atoms. The molecule has 0 radical (unpaired) electrons. The lowest BCUT2D eigenvalue weighted by Crippen LogP contribution is -2.38. The van der Waals surface area contributed by atoms with Crippen LogP contribution < -0.4 is 9.80 Å². The minimum Gasteiger partial charge on any atom is -0.478 e. The fourth-order valence-corrected chi connectivity index (χ4v) is 5.93. The molecule has 1 N–H and O–H groups in total. The number of alkyl halides is 3. The Morgan fingerprint density at radius 2 is 2.06 bits per heavy atom. The van der Waals surface area contributed by atoms with E-state index < -0.39 is 18.0 Å². The summed E-state index contributed by atoms with van der Waals surface area (Å²) in [6.07, 6.45) is 2.00. The topological polar surface area (TPSA) is 100 Å². The van der Waals surface area contributed by atoms with Crippen LogP contribution in [0.25, 0.3) is 10.2 Å². The number of aryl methyl sites for hydroxylation is 1. The molecule has 0 spiro atoms. The van der Waals surface area contributed by atoms with Crippen LogP contribution in [-0.4, -0.2) is 55.4 Å². The van der Waals surface area contributed by atoms with Crippen molar-refractivity contribution < 1.29 is 23.1 Å². The molecule has 3 aromatic rings. The van der Waals surface area contributed by atoms with Gasteiger partial charge in [0.2, 0.25) is 11.8 Å². The normalized spacial score (nSPS) is 18.8. The van der Waals surface area contributed by atoms with Crippen molar-refractivity contribution in [2.45, 2.75) is 51.9 Å². The molecule has 5 heterocycles. The third-order valence-electron chi connectivity index (χ3n) is 6.47. The van der Waals surface area contributed by atoms with Gasteiger partial charge in [-0.25, -0.2) is 9.78 Å². The highest BCUT2D eigenvalue weighted by molar-refractivity contribution is 7.18. The number of piperidine rings is 1. The summed E-state index contributed by atoms with van der Waals surface area (Å²) >= 11 is 1.61. The molecule has 192 valence electrons. The van der Waals surface area contributed by atoms with Crippen molar-refractivity contribution in [2.75, 3.05) is 29.4 Å². The van der Waals surface area contributed by atoms with Gasteiger partial charge in [0, 0.05) is 37.1 Å². The van der Waals surface area contributed by atoms with Crippen molar-refractivity contribution in [3.8, 4) is 0 Å². The van der Waals surface area contributed by atoms with E-state index in [1.165, 1.54) is 11.0 Å². The van der Waals surface area contributed by atoms with Gasteiger partial charge in [0.1, 0.15) is 10.6 Å². The Bertz CT molecular complexity index is 1300. The zero-order valence-electron chi connectivity index (χ0n) is 19.7. The number of carbonyl (C=O) groups is 1. The predicted octanol–water partition coefficient (Wildman–Crippen LogP) is 4.13. The number of hydrogen-bond donors (Lipinski definition) is 1. The van der Waals surface area contributed by atoms with E-state index in [1.807, 2.05) is 4.90 Å². The number of fused-ring (bicyclic) bond motifs is 2. The summed E-state index contributed by atoms with van der Waals surface area (Å²) in [5.74, 6) is -0.381. The first-order chi connectivity index (χ1) is 17.2. The van der Waals surface area contributed by atoms with E-state index >= 15 is 0 Å². The number of carboxylic acid groups (broad SMARTS) is 1. The average molecular weight is 522 g/mol. The predicted molar refractivity (Wildman–Crippen MR) is 129 cm³/mol. The van der Waals surface area contributed by atoms with Crippen molar-refractivity contribution in [3.63, 3.8) is 0 Å². The van der Waals surface area contributed by atoms with Crippen LogP contribution in [0.2, 0.25) is 0 Å². The SMILES string of the molecule is CCCc1cc2c(N3CCn4c(nnc4C(F)(F)F)C3)nc(N3CCCC(/C=C/C(=O)O)C3)nc2s1. The molecule has 9 nitrogen and oxygen atoms in total. The highest BCUT2D eigenvalue weighted by Crippen LogP contribution is 2.36. The average Bonchev–Trinajstić information content (AvgIpc) is 3.45. The van der Waals surface area contributed by atoms with Crippen molar-refractivity contribution in [1.29, 1.82) is 0 Å². The summed E-state index contributed by atoms with van der Waals surface area (Å²) in [7, 11) is 0. The molecule has 5 rings (SSSR count). The third kappa shape index (κ3) is 4.88. The maximum atomic E-state index is 13.3. The first-order valence-electron chi connectivity index (χ1n) is 11.9. The number of halogens is 3. The van der Waals surface area contributed by atoms with E-state index in [4.69, 9.17) is 15.1 Å². The minimum atomic E-state index is -4.55. The smallest absolute Gasteiger partial charge is 0.451 e. The molecule has 0 bridgehead atoms. The monoisotopic (exact) mass is 521 g/mol. The lowest BCUT2D eigenvalue weighted by Gasteiger charge is -2.33. The second kappa shape index (κ2) is 9.68. The molecule has 1 unspecified atom stereocenters. The van der Waals surface area contributed by atoms with Gasteiger partial charge in [-0.3, -0.25) is 0 Å². The van der Waals surface area contributed by atoms with Crippen LogP contribution >= 0.6 is 11.3 Å². The summed E-state index contributed by atoms with van der Waals surface area (Å²) in [6.45, 7) is 4.07. The standard InChI is InChI=1S/C23H26F3N7O2S/c1-2-4-15-11-16-19(31-9-10-33-17(13-31)29-30-21(33)23(24,25)26)27-22(28-20(16)36-15)32-8-3-5-14(12-32)6-7-18(34)35/h6-7,11,14H,2-5,8-10,12-13H2,1H3,(H,34,35)/b7-6+. The van der Waals surface area contributed by atoms with Crippen LogP contribution in [-0.2, 0) is 30.5 Å². The Balaban J connectivity index is 1.50. The molecule has 13 heteroatoms. The molecule has 0 aromatic carbocycles. The molecule has 0 aliphatic carbocycles. The number of rotatable bonds is 6. The van der Waals surface area contributed by atoms with Gasteiger partial charge >= 0.3 is 12.1 Å². The molecule has 1 saturated heterocycles. The van der Waals surface area contributed by atoms with Crippen LogP contribution in [0.15, 0.2) is 18.2 Å². The fraction of sp³-hybridized carbons (Fsp3) is 0.522. The Labute approximate surface area is 209 Å². The first kappa shape index (κ1) is 24.5. The fourth-order valence-electron chi connectivity index (χ4n) is 4.81. The first-order valence-corrected chi connectivity index (χ1v) is 12.8. The van der Waals surface area contributed by atoms with Gasteiger partial charge in [0.05, 0.1) is 11.9 Å². The molecule has 0 amide bonds. The largest absolute Gasteiger partial charge is 0.478 e. The molecular weight excluding hydrogens is 495 g/mol. The second-order valence-electron chi connectivity index (χ2n) is 9.09. The van der Waals surface area contributed by atoms with Crippen LogP contribution in [0.5, 0.6) is 0 Å². The lowest BCUT2D eigenvalue weighted by molar-refractivity contribution is -0.147. The number of aliphatic carboxylic acids is 1. The molecule has 0 saturated carbocycles. The Hall–Kier alpha value is -3.22. The molecular formula is C23H26F3N7O2S. The summed E-state index contributed by atoms with van der Waals surface area (Å²) in [5, 5.41) is 17.1. The van der Waals surface area contributed by atoms with Gasteiger partial charge in [-0.05, 0) is 31.2 Å². The Kier molecular flexibility index (Phi) is 6.58. The van der Waals surface area contributed by atoms with Gasteiger partial charge < -0.3 is 19.5 Å². The summed E-state index contributed by atoms with van der Waals surface area (Å²) in [6, 6.07) is 2.08. The number of carboxylic acids is 1. The van der Waals surface area contributed by atoms with Crippen molar-refractivity contribution in [1.82, 2.24) is 24.7 Å². The van der Waals surface area contributed by atoms with E-state index in [2.05, 4.69) is 28.1 Å². The van der Waals surface area contributed by atoms with Gasteiger partial charge in [0.15, 0.2) is 5.82 Å². The zero-order chi connectivity index (χ0) is 25.4. The van der Waals surface area contributed by atoms with Crippen molar-refractivity contribution >= 4 is 39.3 Å². The molecule has 2 aliphatic rings. The van der Waals surface area contributed by atoms with E-state index in [0.717, 1.165) is 47.0 Å². The van der Waals surface area contributed by atoms with E-state index in [1.54, 1.807) is 17.4 Å². The number of hydrogen-bond acceptors (Lipinski definition) is 8. The zero-order valence-corrected chi connectivity index (χ0v) is 20.5. The number of nitrogens with zero attached hydrogens (tertiary/aromatic N) is 7. The number of anilines is 2. The summed E-state index contributed by atoms with van der Waals surface area (Å²) < 4.78 is 41.0. The van der Waals surface area contributed by atoms with Crippen molar-refractivity contribution in [2.24, 2.45) is 5.92 Å². The molecule has 3 aromatic heterocycles. The van der Waals surface area contributed by atoms with Crippen LogP contribution in [0.1, 0.15) is 42.7 Å². The van der Waals surface area contributed by atoms with Gasteiger partial charge in [-0.2, -0.15) is 18.2 Å². The second-order valence-corrected chi connectivity index (χ2v) is 10.2. The molecule has 2 aliphatic heterocycles. The lowest BCUT2D eigenvalue weighted by atomic mass is 9.98. The van der Waals surface area contributed by atoms with Gasteiger partial charge in [0.25, 0.3) is 0 Å². The number of aromatic nitrogens is 5. The highest BCUT2D eigenvalue weighted by atomic mass is 32.1. The highest BCUT2D eigenvalue weighted by Gasteiger charge is 2.40. The maximum absolute atomic E-state index is 13.3. The van der Waals surface area contributed by atoms with Gasteiger partial charge in [-0.1, -0.05) is 19.4 Å². The summed E-state index contributed by atoms with van der Waals surface area (Å²) in [4.78, 5) is 26.8. The van der Waals surface area contributed by atoms with Crippen LogP contribution in [0.4, 0.5) is 24.9 Å². The Morgan fingerprint density at radius 3 is 2.81 bits per heavy atom. The maximum Gasteiger partial charge on any atom is 0.451 e. The number of thiophene rings is 1. The third-order valence-corrected chi connectivity index (χ3v) is 7.55. The molecule has 1 fully saturated rings. The van der Waals surface area contributed by atoms with Crippen LogP contribution in [0, 0.1) is 5.92 Å². The molecule has 1 atom stereocenters. The van der Waals surface area contributed by atoms with E-state index in [0.29, 0.717) is 24.9 Å². The van der Waals surface area contributed by atoms with Crippen LogP contribution in [0.3, 0.4) is 0 Å². The minimum absolute atomic E-state index is 0.0749. The quantitative estimate of drug-likeness (QED) is 0.484. The van der Waals surface area contributed by atoms with Gasteiger partial charge in [-0.15, -0.1) is 21.5 Å². The summed E-state index contributed by atoms with van der Waals surface area (Å²) in [5.41, 5.74) is 0. The van der Waals surface area contributed by atoms with Crippen molar-refractivity contribution in [3.05, 3.63) is 34.7 Å².